The second kappa shape index (κ2) is 8.84. The van der Waals surface area contributed by atoms with Crippen LogP contribution < -0.4 is 0 Å². The van der Waals surface area contributed by atoms with Gasteiger partial charge in [-0.1, -0.05) is 87.5 Å². The maximum atomic E-state index is 6.22. The summed E-state index contributed by atoms with van der Waals surface area (Å²) in [5.41, 5.74) is 6.38. The summed E-state index contributed by atoms with van der Waals surface area (Å²) in [5, 5.41) is 4.75. The molecule has 0 aliphatic rings. The minimum Gasteiger partial charge on any atom is -0.440 e. The zero-order chi connectivity index (χ0) is 25.8. The molecule has 7 rings (SSSR count). The largest absolute Gasteiger partial charge is 0.440 e. The van der Waals surface area contributed by atoms with Crippen LogP contribution in [0.25, 0.3) is 49.4 Å². The Bertz CT molecular complexity index is 1950. The second-order valence-electron chi connectivity index (χ2n) is 10.6. The van der Waals surface area contributed by atoms with Crippen LogP contribution >= 0.6 is 0 Å². The quantitative estimate of drug-likeness (QED) is 0.239. The minimum absolute atomic E-state index is 0.157. The smallest absolute Gasteiger partial charge is 0.198 e. The normalized spacial score (nSPS) is 12.8. The zero-order valence-electron chi connectivity index (χ0n) is 21.8. The third kappa shape index (κ3) is 3.76. The summed E-state index contributed by atoms with van der Waals surface area (Å²) in [6.45, 7) is 6.60. The molecule has 0 amide bonds. The first-order chi connectivity index (χ1) is 18.5. The summed E-state index contributed by atoms with van der Waals surface area (Å²) in [6, 6.07) is 34.3. The summed E-state index contributed by atoms with van der Waals surface area (Å²) in [5.74, 6) is 2.34. The predicted molar refractivity (Wildman–Crippen MR) is 156 cm³/mol. The third-order valence-electron chi connectivity index (χ3n) is 7.50. The molecule has 5 aromatic carbocycles. The van der Waals surface area contributed by atoms with Gasteiger partial charge in [-0.05, 0) is 58.5 Å². The maximum Gasteiger partial charge on any atom is 0.198 e. The zero-order valence-corrected chi connectivity index (χ0v) is 21.8. The van der Waals surface area contributed by atoms with Crippen molar-refractivity contribution < 1.29 is 4.42 Å². The van der Waals surface area contributed by atoms with E-state index in [1.807, 2.05) is 6.07 Å². The summed E-state index contributed by atoms with van der Waals surface area (Å²) >= 11 is 0. The molecule has 0 radical (unpaired) electrons. The first-order valence-corrected chi connectivity index (χ1v) is 13.3. The van der Waals surface area contributed by atoms with Crippen molar-refractivity contribution in [2.75, 3.05) is 0 Å². The molecule has 2 heterocycles. The first-order valence-electron chi connectivity index (χ1n) is 13.3. The van der Waals surface area contributed by atoms with Crippen LogP contribution in [-0.4, -0.2) is 14.5 Å². The van der Waals surface area contributed by atoms with E-state index in [0.717, 1.165) is 51.3 Å². The Hall–Kier alpha value is -4.44. The van der Waals surface area contributed by atoms with Gasteiger partial charge in [-0.15, -0.1) is 0 Å². The lowest BCUT2D eigenvalue weighted by atomic mass is 9.98. The molecule has 0 spiro atoms. The van der Waals surface area contributed by atoms with Gasteiger partial charge in [0.15, 0.2) is 11.5 Å². The van der Waals surface area contributed by atoms with Gasteiger partial charge in [0.05, 0.1) is 11.0 Å². The molecule has 0 bridgehead atoms. The molecule has 2 aromatic heterocycles. The predicted octanol–water partition coefficient (Wildman–Crippen LogP) is 8.94. The van der Waals surface area contributed by atoms with Crippen molar-refractivity contribution in [3.63, 3.8) is 0 Å². The van der Waals surface area contributed by atoms with E-state index in [1.165, 1.54) is 21.7 Å². The Morgan fingerprint density at radius 3 is 2.37 bits per heavy atom. The number of benzene rings is 5. The molecule has 4 heteroatoms. The number of aromatic nitrogens is 3. The van der Waals surface area contributed by atoms with Gasteiger partial charge in [0.25, 0.3) is 0 Å². The van der Waals surface area contributed by atoms with Crippen molar-refractivity contribution in [1.82, 2.24) is 14.5 Å². The first kappa shape index (κ1) is 22.7. The van der Waals surface area contributed by atoms with E-state index < -0.39 is 0 Å². The Labute approximate surface area is 221 Å². The molecule has 4 nitrogen and oxygen atoms in total. The number of oxazole rings is 1. The number of rotatable bonds is 5. The number of fused-ring (bicyclic) bond motifs is 5. The lowest BCUT2D eigenvalue weighted by Crippen LogP contribution is -2.02. The van der Waals surface area contributed by atoms with E-state index in [9.17, 15) is 0 Å². The maximum absolute atomic E-state index is 6.22. The summed E-state index contributed by atoms with van der Waals surface area (Å²) in [4.78, 5) is 9.96. The van der Waals surface area contributed by atoms with Crippen molar-refractivity contribution in [3.8, 4) is 5.69 Å². The van der Waals surface area contributed by atoms with Gasteiger partial charge in [0.2, 0.25) is 0 Å². The number of hydrogen-bond acceptors (Lipinski definition) is 3. The topological polar surface area (TPSA) is 43.9 Å². The number of para-hydroxylation sites is 1. The van der Waals surface area contributed by atoms with Crippen molar-refractivity contribution in [1.29, 1.82) is 0 Å². The monoisotopic (exact) mass is 495 g/mol. The summed E-state index contributed by atoms with van der Waals surface area (Å²) in [6.07, 6.45) is 0.855. The lowest BCUT2D eigenvalue weighted by Gasteiger charge is -2.12. The molecule has 0 saturated carbocycles. The SMILES string of the molecule is CC(C)c1nc2cc3ccc(CC(C)c4nc5c(ccc6ccccc65)o4)cc3cc2n1-c1ccccc1. The average Bonchev–Trinajstić information content (AvgIpc) is 3.54. The third-order valence-corrected chi connectivity index (χ3v) is 7.50. The highest BCUT2D eigenvalue weighted by molar-refractivity contribution is 6.03. The van der Waals surface area contributed by atoms with Crippen LogP contribution in [0.2, 0.25) is 0 Å². The highest BCUT2D eigenvalue weighted by atomic mass is 16.3. The van der Waals surface area contributed by atoms with Crippen LogP contribution in [0.4, 0.5) is 0 Å². The van der Waals surface area contributed by atoms with Crippen LogP contribution in [0.3, 0.4) is 0 Å². The fourth-order valence-corrected chi connectivity index (χ4v) is 5.58. The summed E-state index contributed by atoms with van der Waals surface area (Å²) < 4.78 is 8.53. The Morgan fingerprint density at radius 1 is 0.737 bits per heavy atom. The van der Waals surface area contributed by atoms with Crippen molar-refractivity contribution in [3.05, 3.63) is 114 Å². The number of hydrogen-bond donors (Lipinski definition) is 0. The molecule has 0 aliphatic heterocycles. The molecule has 0 N–H and O–H groups in total. The summed E-state index contributed by atoms with van der Waals surface area (Å²) in [7, 11) is 0. The van der Waals surface area contributed by atoms with E-state index in [0.29, 0.717) is 5.92 Å². The highest BCUT2D eigenvalue weighted by Gasteiger charge is 2.18. The number of nitrogens with zero attached hydrogens (tertiary/aromatic N) is 3. The van der Waals surface area contributed by atoms with Crippen LogP contribution in [-0.2, 0) is 6.42 Å². The fraction of sp³-hybridized carbons (Fsp3) is 0.176. The molecule has 186 valence electrons. The van der Waals surface area contributed by atoms with Crippen molar-refractivity contribution in [2.24, 2.45) is 0 Å². The molecule has 0 fully saturated rings. The van der Waals surface area contributed by atoms with E-state index >= 15 is 0 Å². The molecular weight excluding hydrogens is 466 g/mol. The molecule has 0 saturated heterocycles. The molecule has 1 unspecified atom stereocenters. The molecular formula is C34H29N3O. The van der Waals surface area contributed by atoms with Crippen molar-refractivity contribution >= 4 is 43.7 Å². The fourth-order valence-electron chi connectivity index (χ4n) is 5.58. The Morgan fingerprint density at radius 2 is 1.53 bits per heavy atom. The Balaban J connectivity index is 1.27. The van der Waals surface area contributed by atoms with E-state index in [-0.39, 0.29) is 5.92 Å². The van der Waals surface area contributed by atoms with Crippen LogP contribution in [0.1, 0.15) is 49.9 Å². The standard InChI is InChI=1S/C34H29N3O/c1-21(2)33-35-29-19-25-14-13-23(18-26(25)20-30(29)37(33)27-10-5-4-6-11-27)17-22(3)34-36-32-28-12-8-7-9-24(28)15-16-31(32)38-34/h4-16,18-22H,17H2,1-3H3. The average molecular weight is 496 g/mol. The molecule has 0 aliphatic carbocycles. The van der Waals surface area contributed by atoms with E-state index in [4.69, 9.17) is 14.4 Å². The van der Waals surface area contributed by atoms with Gasteiger partial charge in [0, 0.05) is 22.9 Å². The lowest BCUT2D eigenvalue weighted by molar-refractivity contribution is 0.484. The minimum atomic E-state index is 0.157. The molecule has 38 heavy (non-hydrogen) atoms. The second-order valence-corrected chi connectivity index (χ2v) is 10.6. The van der Waals surface area contributed by atoms with Crippen LogP contribution in [0.15, 0.2) is 101 Å². The van der Waals surface area contributed by atoms with Gasteiger partial charge in [-0.25, -0.2) is 9.97 Å². The van der Waals surface area contributed by atoms with Gasteiger partial charge >= 0.3 is 0 Å². The van der Waals surface area contributed by atoms with Crippen molar-refractivity contribution in [2.45, 2.75) is 39.0 Å². The highest BCUT2D eigenvalue weighted by Crippen LogP contribution is 2.32. The van der Waals surface area contributed by atoms with Crippen LogP contribution in [0.5, 0.6) is 0 Å². The van der Waals surface area contributed by atoms with Gasteiger partial charge in [-0.2, -0.15) is 0 Å². The van der Waals surface area contributed by atoms with Gasteiger partial charge < -0.3 is 4.42 Å². The number of imidazole rings is 1. The van der Waals surface area contributed by atoms with E-state index in [1.54, 1.807) is 0 Å². The van der Waals surface area contributed by atoms with E-state index in [2.05, 4.69) is 116 Å². The van der Waals surface area contributed by atoms with Gasteiger partial charge in [-0.3, -0.25) is 4.57 Å². The molecule has 7 aromatic rings. The Kier molecular flexibility index (Phi) is 5.29. The molecule has 1 atom stereocenters. The van der Waals surface area contributed by atoms with Crippen LogP contribution in [0, 0.1) is 0 Å². The van der Waals surface area contributed by atoms with Gasteiger partial charge in [0.1, 0.15) is 11.3 Å².